The van der Waals surface area contributed by atoms with Gasteiger partial charge in [0.25, 0.3) is 0 Å². The molecule has 6 heteroatoms. The predicted octanol–water partition coefficient (Wildman–Crippen LogP) is 0.757. The van der Waals surface area contributed by atoms with Gasteiger partial charge in [0.05, 0.1) is 0 Å². The van der Waals surface area contributed by atoms with Gasteiger partial charge in [-0.05, 0) is 33.1 Å². The SMILES string of the molecule is CCNC(=O)CCCC(=O)N(C1CC1)C(C)C(=O)O. The standard InChI is InChI=1S/C13H22N2O4/c1-3-14-11(16)5-4-6-12(17)15(10-7-8-10)9(2)13(18)19/h9-10H,3-8H2,1-2H3,(H,14,16)(H,18,19). The lowest BCUT2D eigenvalue weighted by molar-refractivity contribution is -0.150. The van der Waals surface area contributed by atoms with Gasteiger partial charge in [-0.15, -0.1) is 0 Å². The van der Waals surface area contributed by atoms with Gasteiger partial charge < -0.3 is 15.3 Å². The molecule has 19 heavy (non-hydrogen) atoms. The van der Waals surface area contributed by atoms with E-state index in [1.807, 2.05) is 6.92 Å². The molecule has 1 aliphatic carbocycles. The van der Waals surface area contributed by atoms with Crippen molar-refractivity contribution in [3.63, 3.8) is 0 Å². The van der Waals surface area contributed by atoms with Crippen LogP contribution >= 0.6 is 0 Å². The maximum atomic E-state index is 12.0. The first kappa shape index (κ1) is 15.5. The van der Waals surface area contributed by atoms with Crippen LogP contribution in [0.25, 0.3) is 0 Å². The number of nitrogens with one attached hydrogen (secondary N) is 1. The molecule has 0 aromatic heterocycles. The molecule has 1 fully saturated rings. The molecule has 0 radical (unpaired) electrons. The number of hydrogen-bond acceptors (Lipinski definition) is 3. The molecule has 0 heterocycles. The maximum Gasteiger partial charge on any atom is 0.326 e. The molecule has 0 aliphatic heterocycles. The highest BCUT2D eigenvalue weighted by atomic mass is 16.4. The lowest BCUT2D eigenvalue weighted by Gasteiger charge is -2.26. The highest BCUT2D eigenvalue weighted by Gasteiger charge is 2.37. The molecule has 0 aromatic rings. The first-order chi connectivity index (χ1) is 8.97. The number of hydrogen-bond donors (Lipinski definition) is 2. The van der Waals surface area contributed by atoms with Crippen molar-refractivity contribution >= 4 is 17.8 Å². The number of rotatable bonds is 8. The van der Waals surface area contributed by atoms with Crippen molar-refractivity contribution in [1.82, 2.24) is 10.2 Å². The van der Waals surface area contributed by atoms with Gasteiger partial charge in [0, 0.05) is 25.4 Å². The average Bonchev–Trinajstić information content (AvgIpc) is 3.13. The Balaban J connectivity index is 2.41. The molecule has 6 nitrogen and oxygen atoms in total. The summed E-state index contributed by atoms with van der Waals surface area (Å²) in [6, 6.07) is -0.715. The van der Waals surface area contributed by atoms with Crippen LogP contribution in [0.3, 0.4) is 0 Å². The number of carboxylic acid groups (broad SMARTS) is 1. The fraction of sp³-hybridized carbons (Fsp3) is 0.769. The molecule has 0 spiro atoms. The molecule has 108 valence electrons. The van der Waals surface area contributed by atoms with Crippen LogP contribution in [0.15, 0.2) is 0 Å². The minimum atomic E-state index is -0.982. The summed E-state index contributed by atoms with van der Waals surface area (Å²) in [7, 11) is 0. The number of carbonyl (C=O) groups is 3. The fourth-order valence-electron chi connectivity index (χ4n) is 2.02. The van der Waals surface area contributed by atoms with E-state index in [1.54, 1.807) is 0 Å². The number of carbonyl (C=O) groups excluding carboxylic acids is 2. The van der Waals surface area contributed by atoms with E-state index >= 15 is 0 Å². The van der Waals surface area contributed by atoms with Crippen LogP contribution in [0.2, 0.25) is 0 Å². The molecule has 1 rings (SSSR count). The maximum absolute atomic E-state index is 12.0. The van der Waals surface area contributed by atoms with E-state index in [4.69, 9.17) is 5.11 Å². The molecule has 0 saturated heterocycles. The van der Waals surface area contributed by atoms with E-state index in [0.29, 0.717) is 19.4 Å². The summed E-state index contributed by atoms with van der Waals surface area (Å²) < 4.78 is 0. The summed E-state index contributed by atoms with van der Waals surface area (Å²) in [6.45, 7) is 3.95. The Morgan fingerprint density at radius 2 is 1.95 bits per heavy atom. The smallest absolute Gasteiger partial charge is 0.326 e. The van der Waals surface area contributed by atoms with E-state index < -0.39 is 12.0 Å². The van der Waals surface area contributed by atoms with Gasteiger partial charge in [-0.3, -0.25) is 9.59 Å². The third-order valence-electron chi connectivity index (χ3n) is 3.17. The van der Waals surface area contributed by atoms with Crippen molar-refractivity contribution in [3.05, 3.63) is 0 Å². The largest absolute Gasteiger partial charge is 0.480 e. The highest BCUT2D eigenvalue weighted by molar-refractivity contribution is 5.84. The number of carboxylic acids is 1. The van der Waals surface area contributed by atoms with Crippen molar-refractivity contribution in [2.45, 2.75) is 58.0 Å². The van der Waals surface area contributed by atoms with Crippen LogP contribution in [-0.4, -0.2) is 46.4 Å². The summed E-state index contributed by atoms with van der Waals surface area (Å²) in [5, 5.41) is 11.7. The lowest BCUT2D eigenvalue weighted by Crippen LogP contribution is -2.44. The molecule has 2 amide bonds. The zero-order valence-electron chi connectivity index (χ0n) is 11.5. The van der Waals surface area contributed by atoms with Gasteiger partial charge in [0.1, 0.15) is 6.04 Å². The molecule has 0 aromatic carbocycles. The molecule has 1 unspecified atom stereocenters. The van der Waals surface area contributed by atoms with Crippen molar-refractivity contribution in [2.24, 2.45) is 0 Å². The van der Waals surface area contributed by atoms with Gasteiger partial charge in [-0.1, -0.05) is 0 Å². The summed E-state index contributed by atoms with van der Waals surface area (Å²) in [6.07, 6.45) is 2.74. The van der Waals surface area contributed by atoms with Crippen molar-refractivity contribution in [1.29, 1.82) is 0 Å². The van der Waals surface area contributed by atoms with Crippen LogP contribution in [0, 0.1) is 0 Å². The number of amides is 2. The second-order valence-electron chi connectivity index (χ2n) is 4.85. The third kappa shape index (κ3) is 4.89. The first-order valence-electron chi connectivity index (χ1n) is 6.78. The Kier molecular flexibility index (Phi) is 5.79. The van der Waals surface area contributed by atoms with Gasteiger partial charge in [0.15, 0.2) is 0 Å². The molecule has 2 N–H and O–H groups in total. The van der Waals surface area contributed by atoms with Crippen LogP contribution in [0.5, 0.6) is 0 Å². The van der Waals surface area contributed by atoms with Crippen LogP contribution in [0.4, 0.5) is 0 Å². The Morgan fingerprint density at radius 1 is 1.32 bits per heavy atom. The Hall–Kier alpha value is -1.59. The van der Waals surface area contributed by atoms with Gasteiger partial charge >= 0.3 is 5.97 Å². The van der Waals surface area contributed by atoms with E-state index in [1.165, 1.54) is 11.8 Å². The first-order valence-corrected chi connectivity index (χ1v) is 6.78. The molecule has 0 bridgehead atoms. The Bertz CT molecular complexity index is 353. The topological polar surface area (TPSA) is 86.7 Å². The third-order valence-corrected chi connectivity index (χ3v) is 3.17. The van der Waals surface area contributed by atoms with E-state index in [9.17, 15) is 14.4 Å². The normalized spacial score (nSPS) is 15.7. The van der Waals surface area contributed by atoms with Gasteiger partial charge in [-0.25, -0.2) is 4.79 Å². The fourth-order valence-corrected chi connectivity index (χ4v) is 2.02. The van der Waals surface area contributed by atoms with E-state index in [2.05, 4.69) is 5.32 Å². The molecule has 1 atom stereocenters. The molecule has 1 aliphatic rings. The average molecular weight is 270 g/mol. The Morgan fingerprint density at radius 3 is 2.42 bits per heavy atom. The predicted molar refractivity (Wildman–Crippen MR) is 69.5 cm³/mol. The minimum Gasteiger partial charge on any atom is -0.480 e. The molecular weight excluding hydrogens is 248 g/mol. The monoisotopic (exact) mass is 270 g/mol. The Labute approximate surface area is 113 Å². The summed E-state index contributed by atoms with van der Waals surface area (Å²) >= 11 is 0. The molecular formula is C13H22N2O4. The van der Waals surface area contributed by atoms with Crippen molar-refractivity contribution in [2.75, 3.05) is 6.54 Å². The summed E-state index contributed by atoms with van der Waals surface area (Å²) in [4.78, 5) is 35.7. The zero-order valence-corrected chi connectivity index (χ0v) is 11.5. The summed E-state index contributed by atoms with van der Waals surface area (Å²) in [5.41, 5.74) is 0. The van der Waals surface area contributed by atoms with Crippen molar-refractivity contribution in [3.8, 4) is 0 Å². The number of aliphatic carboxylic acids is 1. The van der Waals surface area contributed by atoms with Crippen LogP contribution in [-0.2, 0) is 14.4 Å². The van der Waals surface area contributed by atoms with Crippen molar-refractivity contribution < 1.29 is 19.5 Å². The van der Waals surface area contributed by atoms with Crippen LogP contribution in [0.1, 0.15) is 46.0 Å². The van der Waals surface area contributed by atoms with Gasteiger partial charge in [-0.2, -0.15) is 0 Å². The van der Waals surface area contributed by atoms with Gasteiger partial charge in [0.2, 0.25) is 11.8 Å². The lowest BCUT2D eigenvalue weighted by atomic mass is 10.1. The minimum absolute atomic E-state index is 0.0699. The zero-order chi connectivity index (χ0) is 14.4. The summed E-state index contributed by atoms with van der Waals surface area (Å²) in [5.74, 6) is -1.22. The second-order valence-corrected chi connectivity index (χ2v) is 4.85. The number of nitrogens with zero attached hydrogens (tertiary/aromatic N) is 1. The molecule has 1 saturated carbocycles. The second kappa shape index (κ2) is 7.11. The van der Waals surface area contributed by atoms with Crippen LogP contribution < -0.4 is 5.32 Å². The van der Waals surface area contributed by atoms with E-state index in [0.717, 1.165) is 12.8 Å². The highest BCUT2D eigenvalue weighted by Crippen LogP contribution is 2.29. The quantitative estimate of drug-likeness (QED) is 0.681. The van der Waals surface area contributed by atoms with E-state index in [-0.39, 0.29) is 24.3 Å².